The predicted molar refractivity (Wildman–Crippen MR) is 72.1 cm³/mol. The molecule has 20 heavy (non-hydrogen) atoms. The molecule has 2 rings (SSSR count). The van der Waals surface area contributed by atoms with Crippen molar-refractivity contribution < 1.29 is 18.8 Å². The van der Waals surface area contributed by atoms with Crippen LogP contribution in [0.25, 0.3) is 0 Å². The van der Waals surface area contributed by atoms with Crippen molar-refractivity contribution >= 4 is 28.8 Å². The van der Waals surface area contributed by atoms with Crippen molar-refractivity contribution in [3.8, 4) is 0 Å². The largest absolute Gasteiger partial charge is 0.388 e. The van der Waals surface area contributed by atoms with E-state index in [4.69, 9.17) is 0 Å². The fourth-order valence-corrected chi connectivity index (χ4v) is 3.72. The Morgan fingerprint density at radius 3 is 2.60 bits per heavy atom. The molecule has 0 unspecified atom stereocenters. The molecule has 0 bridgehead atoms. The molecule has 0 radical (unpaired) electrons. The SMILES string of the molecule is C[C@H](O)c1cc([N+](=O)[O-])c(Sc2ccc(F)c(F)c2)s1. The van der Waals surface area contributed by atoms with Crippen molar-refractivity contribution in [3.05, 3.63) is 50.9 Å². The van der Waals surface area contributed by atoms with E-state index < -0.39 is 22.7 Å². The zero-order valence-electron chi connectivity index (χ0n) is 10.2. The van der Waals surface area contributed by atoms with Crippen molar-refractivity contribution in [2.45, 2.75) is 22.1 Å². The summed E-state index contributed by atoms with van der Waals surface area (Å²) in [4.78, 5) is 11.2. The van der Waals surface area contributed by atoms with E-state index in [1.807, 2.05) is 0 Å². The smallest absolute Gasteiger partial charge is 0.294 e. The van der Waals surface area contributed by atoms with Gasteiger partial charge in [-0.3, -0.25) is 10.1 Å². The standard InChI is InChI=1S/C12H9F2NO3S2/c1-6(16)11-5-10(15(17)18)12(20-11)19-7-2-3-8(13)9(14)4-7/h2-6,16H,1H3/t6-/m0/s1. The van der Waals surface area contributed by atoms with Crippen LogP contribution in [0.2, 0.25) is 0 Å². The number of rotatable bonds is 4. The molecule has 0 saturated carbocycles. The van der Waals surface area contributed by atoms with E-state index in [1.54, 1.807) is 0 Å². The highest BCUT2D eigenvalue weighted by atomic mass is 32.2. The maximum atomic E-state index is 13.1. The minimum atomic E-state index is -1.01. The number of benzene rings is 1. The monoisotopic (exact) mass is 317 g/mol. The van der Waals surface area contributed by atoms with Crippen LogP contribution in [0.1, 0.15) is 17.9 Å². The second-order valence-electron chi connectivity index (χ2n) is 3.93. The molecule has 0 amide bonds. The number of halogens is 2. The van der Waals surface area contributed by atoms with Gasteiger partial charge in [-0.1, -0.05) is 11.8 Å². The average molecular weight is 317 g/mol. The first-order valence-corrected chi connectivity index (χ1v) is 7.11. The minimum Gasteiger partial charge on any atom is -0.388 e. The molecule has 2 aromatic rings. The number of aliphatic hydroxyl groups is 1. The lowest BCUT2D eigenvalue weighted by atomic mass is 10.3. The fraction of sp³-hybridized carbons (Fsp3) is 0.167. The summed E-state index contributed by atoms with van der Waals surface area (Å²) in [6, 6.07) is 4.57. The Morgan fingerprint density at radius 2 is 2.05 bits per heavy atom. The zero-order chi connectivity index (χ0) is 14.9. The van der Waals surface area contributed by atoms with Gasteiger partial charge in [0.05, 0.1) is 11.0 Å². The van der Waals surface area contributed by atoms with Crippen LogP contribution in [0.3, 0.4) is 0 Å². The van der Waals surface area contributed by atoms with E-state index in [0.29, 0.717) is 14.0 Å². The number of nitro groups is 1. The summed E-state index contributed by atoms with van der Waals surface area (Å²) in [6.45, 7) is 1.50. The molecule has 0 aliphatic rings. The summed E-state index contributed by atoms with van der Waals surface area (Å²) in [5.74, 6) is -1.98. The first-order chi connectivity index (χ1) is 9.38. The Morgan fingerprint density at radius 1 is 1.35 bits per heavy atom. The van der Waals surface area contributed by atoms with Gasteiger partial charge in [-0.15, -0.1) is 11.3 Å². The van der Waals surface area contributed by atoms with E-state index in [-0.39, 0.29) is 5.69 Å². The van der Waals surface area contributed by atoms with Crippen LogP contribution in [0, 0.1) is 21.7 Å². The van der Waals surface area contributed by atoms with Gasteiger partial charge in [0.2, 0.25) is 0 Å². The summed E-state index contributed by atoms with van der Waals surface area (Å²) < 4.78 is 26.3. The number of aliphatic hydroxyl groups excluding tert-OH is 1. The Hall–Kier alpha value is -1.51. The van der Waals surface area contributed by atoms with Crippen LogP contribution in [-0.4, -0.2) is 10.0 Å². The molecule has 8 heteroatoms. The maximum Gasteiger partial charge on any atom is 0.294 e. The first kappa shape index (κ1) is 14.9. The van der Waals surface area contributed by atoms with E-state index in [9.17, 15) is 24.0 Å². The quantitative estimate of drug-likeness (QED) is 0.680. The lowest BCUT2D eigenvalue weighted by molar-refractivity contribution is -0.387. The van der Waals surface area contributed by atoms with Gasteiger partial charge < -0.3 is 5.11 Å². The molecule has 0 saturated heterocycles. The van der Waals surface area contributed by atoms with Crippen molar-refractivity contribution in [2.24, 2.45) is 0 Å². The highest BCUT2D eigenvalue weighted by Crippen LogP contribution is 2.43. The van der Waals surface area contributed by atoms with E-state index in [1.165, 1.54) is 19.1 Å². The molecule has 1 heterocycles. The van der Waals surface area contributed by atoms with Crippen molar-refractivity contribution in [1.82, 2.24) is 0 Å². The van der Waals surface area contributed by atoms with E-state index >= 15 is 0 Å². The van der Waals surface area contributed by atoms with Crippen LogP contribution in [0.15, 0.2) is 33.4 Å². The molecular weight excluding hydrogens is 308 g/mol. The highest BCUT2D eigenvalue weighted by Gasteiger charge is 2.22. The van der Waals surface area contributed by atoms with Crippen LogP contribution in [0.4, 0.5) is 14.5 Å². The molecule has 1 aromatic heterocycles. The molecule has 1 N–H and O–H groups in total. The Bertz CT molecular complexity index is 658. The van der Waals surface area contributed by atoms with E-state index in [0.717, 1.165) is 35.2 Å². The number of thiophene rings is 1. The van der Waals surface area contributed by atoms with E-state index in [2.05, 4.69) is 0 Å². The van der Waals surface area contributed by atoms with Gasteiger partial charge in [-0.2, -0.15) is 0 Å². The zero-order valence-corrected chi connectivity index (χ0v) is 11.8. The number of hydrogen-bond acceptors (Lipinski definition) is 5. The van der Waals surface area contributed by atoms with Gasteiger partial charge >= 0.3 is 0 Å². The van der Waals surface area contributed by atoms with Crippen molar-refractivity contribution in [3.63, 3.8) is 0 Å². The Kier molecular flexibility index (Phi) is 4.36. The third-order valence-electron chi connectivity index (χ3n) is 2.41. The lowest BCUT2D eigenvalue weighted by Crippen LogP contribution is -1.88. The molecule has 0 aliphatic carbocycles. The second kappa shape index (κ2) is 5.86. The normalized spacial score (nSPS) is 12.4. The number of hydrogen-bond donors (Lipinski definition) is 1. The van der Waals surface area contributed by atoms with Gasteiger partial charge in [0.25, 0.3) is 5.69 Å². The summed E-state index contributed by atoms with van der Waals surface area (Å²) in [6.07, 6.45) is -0.821. The van der Waals surface area contributed by atoms with Crippen molar-refractivity contribution in [1.29, 1.82) is 0 Å². The predicted octanol–water partition coefficient (Wildman–Crippen LogP) is 4.14. The molecule has 4 nitrogen and oxygen atoms in total. The molecule has 0 fully saturated rings. The lowest BCUT2D eigenvalue weighted by Gasteiger charge is -2.00. The molecule has 106 valence electrons. The van der Waals surface area contributed by atoms with Gasteiger partial charge in [0, 0.05) is 15.8 Å². The van der Waals surface area contributed by atoms with Gasteiger partial charge in [0.15, 0.2) is 11.6 Å². The Labute approximate surface area is 121 Å². The second-order valence-corrected chi connectivity index (χ2v) is 6.36. The third-order valence-corrected chi connectivity index (χ3v) is 4.88. The average Bonchev–Trinajstić information content (AvgIpc) is 2.78. The molecule has 0 aliphatic heterocycles. The van der Waals surface area contributed by atoms with Gasteiger partial charge in [-0.25, -0.2) is 8.78 Å². The summed E-state index contributed by atoms with van der Waals surface area (Å²) in [7, 11) is 0. The molecular formula is C12H9F2NO3S2. The number of nitrogens with zero attached hydrogens (tertiary/aromatic N) is 1. The Balaban J connectivity index is 2.36. The summed E-state index contributed by atoms with van der Waals surface area (Å²) >= 11 is 2.02. The fourth-order valence-electron chi connectivity index (χ4n) is 1.44. The van der Waals surface area contributed by atoms with Crippen LogP contribution >= 0.6 is 23.1 Å². The summed E-state index contributed by atoms with van der Waals surface area (Å²) in [5, 5.41) is 20.4. The third kappa shape index (κ3) is 3.14. The summed E-state index contributed by atoms with van der Waals surface area (Å²) in [5.41, 5.74) is -0.152. The van der Waals surface area contributed by atoms with Crippen LogP contribution < -0.4 is 0 Å². The van der Waals surface area contributed by atoms with Crippen LogP contribution in [-0.2, 0) is 0 Å². The van der Waals surface area contributed by atoms with Gasteiger partial charge in [-0.05, 0) is 25.1 Å². The minimum absolute atomic E-state index is 0.152. The van der Waals surface area contributed by atoms with Crippen molar-refractivity contribution in [2.75, 3.05) is 0 Å². The first-order valence-electron chi connectivity index (χ1n) is 5.47. The van der Waals surface area contributed by atoms with Gasteiger partial charge in [0.1, 0.15) is 4.21 Å². The molecule has 1 atom stereocenters. The topological polar surface area (TPSA) is 63.4 Å². The maximum absolute atomic E-state index is 13.1. The van der Waals surface area contributed by atoms with Crippen LogP contribution in [0.5, 0.6) is 0 Å². The molecule has 1 aromatic carbocycles. The highest BCUT2D eigenvalue weighted by molar-refractivity contribution is 8.01. The molecule has 0 spiro atoms.